The number of fused-ring (bicyclic) bond motifs is 7. The normalized spacial score (nSPS) is 13.1. The number of aromatic nitrogens is 3. The molecule has 1 aliphatic heterocycles. The van der Waals surface area contributed by atoms with Gasteiger partial charge in [0.05, 0.1) is 33.4 Å². The lowest BCUT2D eigenvalue weighted by Gasteiger charge is -2.29. The van der Waals surface area contributed by atoms with Crippen molar-refractivity contribution in [2.45, 2.75) is 78.6 Å². The first-order valence-corrected chi connectivity index (χ1v) is 27.4. The second-order valence-corrected chi connectivity index (χ2v) is 24.3. The van der Waals surface area contributed by atoms with E-state index in [1.165, 1.54) is 61.0 Å². The number of hydrogen-bond donors (Lipinski definition) is 0. The molecular formula is C72H65N5O. The van der Waals surface area contributed by atoms with E-state index >= 15 is 0 Å². The Kier molecular flexibility index (Phi) is 11.5. The summed E-state index contributed by atoms with van der Waals surface area (Å²) in [4.78, 5) is 9.96. The summed E-state index contributed by atoms with van der Waals surface area (Å²) in [6.45, 7) is 21.3. The number of hydrogen-bond acceptors (Lipinski definition) is 4. The van der Waals surface area contributed by atoms with Gasteiger partial charge in [0.2, 0.25) is 0 Å². The van der Waals surface area contributed by atoms with Crippen LogP contribution < -0.4 is 14.5 Å². The molecule has 9 aromatic carbocycles. The van der Waals surface area contributed by atoms with Crippen LogP contribution in [0.3, 0.4) is 0 Å². The molecule has 1 aliphatic rings. The highest BCUT2D eigenvalue weighted by molar-refractivity contribution is 6.11. The Labute approximate surface area is 458 Å². The molecule has 0 amide bonds. The van der Waals surface area contributed by atoms with Gasteiger partial charge in [-0.15, -0.1) is 0 Å². The smallest absolute Gasteiger partial charge is 0.137 e. The maximum Gasteiger partial charge on any atom is 0.137 e. The molecule has 0 spiro atoms. The van der Waals surface area contributed by atoms with Crippen molar-refractivity contribution < 1.29 is 4.74 Å². The minimum Gasteiger partial charge on any atom is -0.457 e. The topological polar surface area (TPSA) is 38.5 Å². The fourth-order valence-corrected chi connectivity index (χ4v) is 11.5. The van der Waals surface area contributed by atoms with Crippen LogP contribution in [0.15, 0.2) is 219 Å². The monoisotopic (exact) mass is 1020 g/mol. The van der Waals surface area contributed by atoms with Gasteiger partial charge in [0.25, 0.3) is 0 Å². The molecule has 0 aliphatic carbocycles. The van der Waals surface area contributed by atoms with E-state index in [9.17, 15) is 0 Å². The van der Waals surface area contributed by atoms with E-state index in [2.05, 4.69) is 294 Å². The van der Waals surface area contributed by atoms with E-state index in [1.54, 1.807) is 0 Å². The Balaban J connectivity index is 0.891. The van der Waals surface area contributed by atoms with Crippen LogP contribution in [0, 0.1) is 0 Å². The SMILES string of the molecule is CC(C)(C)c1cc(N2CN(c3cccc(Oc4ccc5c6cc(-c7cccc(-n8c9ccccc9c9ccccc98)c7)ccc6n(-c6cc(C(C)(C)C)ccn6)c5c4)c3)c3ccc(-c4ccccc4)cc32)cc(C(C)(C)C)c1. The molecule has 0 unspecified atom stereocenters. The lowest BCUT2D eigenvalue weighted by atomic mass is 9.80. The summed E-state index contributed by atoms with van der Waals surface area (Å²) < 4.78 is 11.7. The van der Waals surface area contributed by atoms with Crippen molar-refractivity contribution in [2.24, 2.45) is 0 Å². The van der Waals surface area contributed by atoms with Gasteiger partial charge in [-0.2, -0.15) is 0 Å². The molecule has 0 atom stereocenters. The van der Waals surface area contributed by atoms with E-state index in [4.69, 9.17) is 9.72 Å². The number of benzene rings is 9. The lowest BCUT2D eigenvalue weighted by Crippen LogP contribution is -2.25. The van der Waals surface area contributed by atoms with Crippen molar-refractivity contribution in [3.63, 3.8) is 0 Å². The average molecular weight is 1020 g/mol. The summed E-state index contributed by atoms with van der Waals surface area (Å²) in [5.41, 5.74) is 18.7. The van der Waals surface area contributed by atoms with E-state index in [0.717, 1.165) is 67.3 Å². The van der Waals surface area contributed by atoms with E-state index in [1.807, 2.05) is 6.20 Å². The maximum absolute atomic E-state index is 6.96. The third kappa shape index (κ3) is 8.66. The van der Waals surface area contributed by atoms with Crippen molar-refractivity contribution in [1.29, 1.82) is 0 Å². The molecule has 12 aromatic rings. The molecule has 0 saturated heterocycles. The molecule has 78 heavy (non-hydrogen) atoms. The van der Waals surface area contributed by atoms with Gasteiger partial charge in [0.15, 0.2) is 0 Å². The zero-order chi connectivity index (χ0) is 53.7. The maximum atomic E-state index is 6.96. The van der Waals surface area contributed by atoms with Crippen LogP contribution >= 0.6 is 0 Å². The van der Waals surface area contributed by atoms with E-state index in [0.29, 0.717) is 6.67 Å². The van der Waals surface area contributed by atoms with Crippen molar-refractivity contribution in [2.75, 3.05) is 16.5 Å². The van der Waals surface area contributed by atoms with Gasteiger partial charge in [-0.3, -0.25) is 4.57 Å². The van der Waals surface area contributed by atoms with Gasteiger partial charge in [0, 0.05) is 56.9 Å². The number of pyridine rings is 1. The Morgan fingerprint density at radius 2 is 0.923 bits per heavy atom. The average Bonchev–Trinajstić information content (AvgIpc) is 4.10. The van der Waals surface area contributed by atoms with Crippen molar-refractivity contribution >= 4 is 66.4 Å². The van der Waals surface area contributed by atoms with Crippen LogP contribution in [-0.2, 0) is 16.2 Å². The molecule has 0 fully saturated rings. The van der Waals surface area contributed by atoms with Crippen molar-refractivity contribution in [1.82, 2.24) is 14.1 Å². The first kappa shape index (κ1) is 48.8. The highest BCUT2D eigenvalue weighted by Crippen LogP contribution is 2.48. The summed E-state index contributed by atoms with van der Waals surface area (Å²) in [5.74, 6) is 2.39. The standard InChI is InChI=1S/C72H65N5O/c1-70(2,3)51-35-36-73-69(43-51)77-65-33-29-49(48-21-17-23-55(37-48)76-63-27-15-13-25-59(63)60-26-14-16-28-64(60)76)38-62(65)61-32-31-58(45-67(61)77)78-57-24-18-22-54(44-57)74-46-75(56-41-52(71(4,5)6)40-53(42-56)72(7,8)9)68-39-50(30-34-66(68)74)47-19-11-10-12-20-47/h10-45H,46H2,1-9H3. The number of nitrogens with zero attached hydrogens (tertiary/aromatic N) is 5. The van der Waals surface area contributed by atoms with Crippen molar-refractivity contribution in [3.05, 3.63) is 235 Å². The molecule has 3 aromatic heterocycles. The summed E-state index contributed by atoms with van der Waals surface area (Å²) >= 11 is 0. The zero-order valence-electron chi connectivity index (χ0n) is 46.1. The molecule has 0 saturated carbocycles. The predicted molar refractivity (Wildman–Crippen MR) is 328 cm³/mol. The van der Waals surface area contributed by atoms with Crippen molar-refractivity contribution in [3.8, 4) is 45.3 Å². The molecular weight excluding hydrogens is 951 g/mol. The van der Waals surface area contributed by atoms with Crippen LogP contribution in [0.2, 0.25) is 0 Å². The summed E-state index contributed by atoms with van der Waals surface area (Å²) in [6, 6.07) is 77.4. The van der Waals surface area contributed by atoms with Crippen LogP contribution in [0.1, 0.15) is 79.0 Å². The van der Waals surface area contributed by atoms with E-state index in [-0.39, 0.29) is 16.2 Å². The van der Waals surface area contributed by atoms with E-state index < -0.39 is 0 Å². The van der Waals surface area contributed by atoms with Crippen LogP contribution in [0.4, 0.5) is 22.7 Å². The van der Waals surface area contributed by atoms with Gasteiger partial charge in [-0.1, -0.05) is 165 Å². The Morgan fingerprint density at radius 3 is 1.64 bits per heavy atom. The molecule has 384 valence electrons. The summed E-state index contributed by atoms with van der Waals surface area (Å²) in [5, 5.41) is 4.78. The van der Waals surface area contributed by atoms with Gasteiger partial charge in [-0.05, 0) is 152 Å². The molecule has 13 rings (SSSR count). The number of para-hydroxylation sites is 2. The quantitative estimate of drug-likeness (QED) is 0.152. The molecule has 0 N–H and O–H groups in total. The third-order valence-corrected chi connectivity index (χ3v) is 15.9. The zero-order valence-corrected chi connectivity index (χ0v) is 46.1. The first-order chi connectivity index (χ1) is 37.5. The summed E-state index contributed by atoms with van der Waals surface area (Å²) in [7, 11) is 0. The number of anilines is 4. The lowest BCUT2D eigenvalue weighted by molar-refractivity contribution is 0.483. The molecule has 4 heterocycles. The molecule has 0 bridgehead atoms. The van der Waals surface area contributed by atoms with Crippen LogP contribution in [-0.4, -0.2) is 20.8 Å². The number of ether oxygens (including phenoxy) is 1. The third-order valence-electron chi connectivity index (χ3n) is 15.9. The minimum absolute atomic E-state index is 0.0221. The fraction of sp³-hybridized carbons (Fsp3) is 0.181. The number of rotatable bonds is 8. The molecule has 0 radical (unpaired) electrons. The largest absolute Gasteiger partial charge is 0.457 e. The predicted octanol–water partition coefficient (Wildman–Crippen LogP) is 19.5. The highest BCUT2D eigenvalue weighted by Gasteiger charge is 2.31. The van der Waals surface area contributed by atoms with Gasteiger partial charge in [0.1, 0.15) is 24.0 Å². The second-order valence-electron chi connectivity index (χ2n) is 24.3. The fourth-order valence-electron chi connectivity index (χ4n) is 11.5. The summed E-state index contributed by atoms with van der Waals surface area (Å²) in [6.07, 6.45) is 1.94. The Bertz CT molecular complexity index is 4210. The second kappa shape index (κ2) is 18.4. The minimum atomic E-state index is -0.0623. The van der Waals surface area contributed by atoms with Crippen LogP contribution in [0.25, 0.3) is 77.4 Å². The Hall–Kier alpha value is -8.87. The molecule has 6 heteroatoms. The van der Waals surface area contributed by atoms with Gasteiger partial charge < -0.3 is 19.1 Å². The molecule has 6 nitrogen and oxygen atoms in total. The highest BCUT2D eigenvalue weighted by atomic mass is 16.5. The van der Waals surface area contributed by atoms with Gasteiger partial charge in [-0.25, -0.2) is 4.98 Å². The van der Waals surface area contributed by atoms with Gasteiger partial charge >= 0.3 is 0 Å². The first-order valence-electron chi connectivity index (χ1n) is 27.4. The van der Waals surface area contributed by atoms with Crippen LogP contribution in [0.5, 0.6) is 11.5 Å². The Morgan fingerprint density at radius 1 is 0.346 bits per heavy atom.